The van der Waals surface area contributed by atoms with Gasteiger partial charge >= 0.3 is 0 Å². The molecule has 2 aromatic carbocycles. The van der Waals surface area contributed by atoms with E-state index in [0.717, 1.165) is 43.8 Å². The van der Waals surface area contributed by atoms with E-state index in [4.69, 9.17) is 17.3 Å². The summed E-state index contributed by atoms with van der Waals surface area (Å²) in [4.78, 5) is 16.5. The van der Waals surface area contributed by atoms with Gasteiger partial charge in [0.25, 0.3) is 5.91 Å². The van der Waals surface area contributed by atoms with Crippen molar-refractivity contribution in [2.45, 2.75) is 6.54 Å². The fourth-order valence-electron chi connectivity index (χ4n) is 3.44. The summed E-state index contributed by atoms with van der Waals surface area (Å²) in [7, 11) is 2.16. The summed E-state index contributed by atoms with van der Waals surface area (Å²) in [6, 6.07) is 11.7. The Morgan fingerprint density at radius 2 is 1.85 bits per heavy atom. The average molecular weight is 384 g/mol. The van der Waals surface area contributed by atoms with Crippen molar-refractivity contribution in [1.29, 1.82) is 0 Å². The molecule has 3 aromatic rings. The van der Waals surface area contributed by atoms with Crippen LogP contribution in [0.1, 0.15) is 15.9 Å². The van der Waals surface area contributed by atoms with Crippen molar-refractivity contribution in [2.75, 3.05) is 33.2 Å². The molecule has 0 unspecified atom stereocenters. The zero-order valence-electron chi connectivity index (χ0n) is 15.2. The van der Waals surface area contributed by atoms with E-state index in [9.17, 15) is 4.79 Å². The second kappa shape index (κ2) is 7.31. The van der Waals surface area contributed by atoms with Crippen molar-refractivity contribution in [2.24, 2.45) is 5.73 Å². The fourth-order valence-corrected chi connectivity index (χ4v) is 3.66. The number of likely N-dealkylation sites (N-methyl/N-ethyl adjacent to an activating group) is 1. The van der Waals surface area contributed by atoms with E-state index < -0.39 is 5.91 Å². The zero-order valence-corrected chi connectivity index (χ0v) is 16.0. The minimum Gasteiger partial charge on any atom is -0.366 e. The minimum atomic E-state index is -0.532. The molecule has 1 fully saturated rings. The van der Waals surface area contributed by atoms with Crippen LogP contribution in [-0.4, -0.2) is 58.7 Å². The lowest BCUT2D eigenvalue weighted by molar-refractivity contribution is 0.100. The second-order valence-corrected chi connectivity index (χ2v) is 7.51. The lowest BCUT2D eigenvalue weighted by atomic mass is 10.1. The van der Waals surface area contributed by atoms with Crippen molar-refractivity contribution in [3.63, 3.8) is 0 Å². The largest absolute Gasteiger partial charge is 0.366 e. The lowest BCUT2D eigenvalue weighted by Crippen LogP contribution is -2.43. The van der Waals surface area contributed by atoms with Gasteiger partial charge in [0.15, 0.2) is 0 Å². The molecule has 1 saturated heterocycles. The maximum absolute atomic E-state index is 11.7. The Labute approximate surface area is 163 Å². The van der Waals surface area contributed by atoms with Crippen LogP contribution in [0.15, 0.2) is 42.6 Å². The standard InChI is InChI=1S/C20H22ClN5O/c1-24-6-8-25(9-7-24)12-14-2-4-17(5-3-14)26-13-15-10-16(21)11-18(20(22)27)19(15)23-26/h2-5,10-11,13H,6-9,12H2,1H3,(H2,22,27). The van der Waals surface area contributed by atoms with Crippen LogP contribution >= 0.6 is 11.6 Å². The van der Waals surface area contributed by atoms with Gasteiger partial charge in [-0.25, -0.2) is 4.68 Å². The number of nitrogens with two attached hydrogens (primary N) is 1. The van der Waals surface area contributed by atoms with Crippen molar-refractivity contribution in [3.8, 4) is 5.69 Å². The normalized spacial score (nSPS) is 16.1. The van der Waals surface area contributed by atoms with Gasteiger partial charge in [-0.3, -0.25) is 9.69 Å². The number of carbonyl (C=O) groups excluding carboxylic acids is 1. The third kappa shape index (κ3) is 3.83. The number of amides is 1. The molecule has 4 rings (SSSR count). The van der Waals surface area contributed by atoms with Gasteiger partial charge in [0.05, 0.1) is 11.3 Å². The molecule has 27 heavy (non-hydrogen) atoms. The SMILES string of the molecule is CN1CCN(Cc2ccc(-n3cc4cc(Cl)cc(C(N)=O)c4n3)cc2)CC1. The van der Waals surface area contributed by atoms with E-state index in [1.54, 1.807) is 16.8 Å². The van der Waals surface area contributed by atoms with Gasteiger partial charge in [-0.1, -0.05) is 23.7 Å². The Balaban J connectivity index is 1.57. The van der Waals surface area contributed by atoms with E-state index in [2.05, 4.69) is 34.1 Å². The minimum absolute atomic E-state index is 0.336. The molecule has 1 aliphatic rings. The first-order valence-electron chi connectivity index (χ1n) is 8.98. The molecule has 1 aromatic heterocycles. The van der Waals surface area contributed by atoms with Gasteiger partial charge in [0, 0.05) is 49.3 Å². The number of piperazine rings is 1. The topological polar surface area (TPSA) is 67.4 Å². The summed E-state index contributed by atoms with van der Waals surface area (Å²) in [6.45, 7) is 5.38. The lowest BCUT2D eigenvalue weighted by Gasteiger charge is -2.32. The van der Waals surface area contributed by atoms with Crippen LogP contribution in [-0.2, 0) is 6.54 Å². The van der Waals surface area contributed by atoms with E-state index in [1.165, 1.54) is 5.56 Å². The Kier molecular flexibility index (Phi) is 4.86. The number of nitrogens with zero attached hydrogens (tertiary/aromatic N) is 4. The Hall–Kier alpha value is -2.41. The number of benzene rings is 2. The Morgan fingerprint density at radius 3 is 2.52 bits per heavy atom. The number of halogens is 1. The highest BCUT2D eigenvalue weighted by Gasteiger charge is 2.15. The third-order valence-electron chi connectivity index (χ3n) is 5.04. The number of fused-ring (bicyclic) bond motifs is 1. The monoisotopic (exact) mass is 383 g/mol. The predicted octanol–water partition coefficient (Wildman–Crippen LogP) is 2.53. The summed E-state index contributed by atoms with van der Waals surface area (Å²) >= 11 is 6.09. The Bertz CT molecular complexity index is 974. The molecular formula is C20H22ClN5O. The molecule has 7 heteroatoms. The maximum Gasteiger partial charge on any atom is 0.251 e. The molecule has 1 aliphatic heterocycles. The molecule has 6 nitrogen and oxygen atoms in total. The molecule has 0 bridgehead atoms. The maximum atomic E-state index is 11.7. The summed E-state index contributed by atoms with van der Waals surface area (Å²) < 4.78 is 1.76. The molecule has 140 valence electrons. The molecule has 0 atom stereocenters. The summed E-state index contributed by atoms with van der Waals surface area (Å²) in [5, 5.41) is 5.80. The van der Waals surface area contributed by atoms with Gasteiger partial charge in [0.1, 0.15) is 5.52 Å². The van der Waals surface area contributed by atoms with Gasteiger partial charge in [-0.15, -0.1) is 0 Å². The third-order valence-corrected chi connectivity index (χ3v) is 5.26. The van der Waals surface area contributed by atoms with Crippen LogP contribution in [0, 0.1) is 0 Å². The molecule has 0 spiro atoms. The van der Waals surface area contributed by atoms with Crippen LogP contribution in [0.2, 0.25) is 5.02 Å². The highest BCUT2D eigenvalue weighted by atomic mass is 35.5. The molecule has 0 saturated carbocycles. The number of hydrogen-bond donors (Lipinski definition) is 1. The van der Waals surface area contributed by atoms with Crippen LogP contribution in [0.5, 0.6) is 0 Å². The number of carbonyl (C=O) groups is 1. The fraction of sp³-hybridized carbons (Fsp3) is 0.300. The highest BCUT2D eigenvalue weighted by Crippen LogP contribution is 2.24. The predicted molar refractivity (Wildman–Crippen MR) is 107 cm³/mol. The molecular weight excluding hydrogens is 362 g/mol. The van der Waals surface area contributed by atoms with Gasteiger partial charge in [-0.2, -0.15) is 5.10 Å². The summed E-state index contributed by atoms with van der Waals surface area (Å²) in [6.07, 6.45) is 1.86. The van der Waals surface area contributed by atoms with Crippen molar-refractivity contribution >= 4 is 28.4 Å². The van der Waals surface area contributed by atoms with Crippen LogP contribution in [0.25, 0.3) is 16.6 Å². The molecule has 1 amide bonds. The number of hydrogen-bond acceptors (Lipinski definition) is 4. The summed E-state index contributed by atoms with van der Waals surface area (Å²) in [5.41, 5.74) is 8.57. The molecule has 2 N–H and O–H groups in total. The quantitative estimate of drug-likeness (QED) is 0.751. The van der Waals surface area contributed by atoms with Crippen molar-refractivity contribution in [1.82, 2.24) is 19.6 Å². The van der Waals surface area contributed by atoms with E-state index in [-0.39, 0.29) is 0 Å². The molecule has 2 heterocycles. The van der Waals surface area contributed by atoms with Gasteiger partial charge in [-0.05, 0) is 36.9 Å². The van der Waals surface area contributed by atoms with Crippen molar-refractivity contribution in [3.05, 3.63) is 58.7 Å². The number of rotatable bonds is 4. The Morgan fingerprint density at radius 1 is 1.15 bits per heavy atom. The first kappa shape index (κ1) is 18.0. The van der Waals surface area contributed by atoms with Crippen molar-refractivity contribution < 1.29 is 4.79 Å². The highest BCUT2D eigenvalue weighted by molar-refractivity contribution is 6.32. The average Bonchev–Trinajstić information content (AvgIpc) is 3.07. The van der Waals surface area contributed by atoms with Gasteiger partial charge in [0.2, 0.25) is 0 Å². The second-order valence-electron chi connectivity index (χ2n) is 7.07. The van der Waals surface area contributed by atoms with E-state index in [1.807, 2.05) is 18.3 Å². The van der Waals surface area contributed by atoms with Crippen LogP contribution in [0.3, 0.4) is 0 Å². The molecule has 0 aliphatic carbocycles. The molecule has 0 radical (unpaired) electrons. The zero-order chi connectivity index (χ0) is 19.0. The first-order valence-corrected chi connectivity index (χ1v) is 9.36. The number of aromatic nitrogens is 2. The van der Waals surface area contributed by atoms with Crippen LogP contribution in [0.4, 0.5) is 0 Å². The smallest absolute Gasteiger partial charge is 0.251 e. The van der Waals surface area contributed by atoms with Crippen LogP contribution < -0.4 is 5.73 Å². The number of primary amides is 1. The van der Waals surface area contributed by atoms with E-state index in [0.29, 0.717) is 16.1 Å². The van der Waals surface area contributed by atoms with E-state index >= 15 is 0 Å². The van der Waals surface area contributed by atoms with Gasteiger partial charge < -0.3 is 10.6 Å². The first-order chi connectivity index (χ1) is 13.0. The summed E-state index contributed by atoms with van der Waals surface area (Å²) in [5.74, 6) is -0.532.